The first-order valence-electron chi connectivity index (χ1n) is 7.65. The molecule has 0 aliphatic rings. The molecule has 1 aromatic rings. The number of nitrogens with zero attached hydrogens (tertiary/aromatic N) is 1. The zero-order valence-corrected chi connectivity index (χ0v) is 13.3. The number of hydrogen-bond acceptors (Lipinski definition) is 5. The molecule has 5 heteroatoms. The predicted molar refractivity (Wildman–Crippen MR) is 87.7 cm³/mol. The molecule has 0 atom stereocenters. The van der Waals surface area contributed by atoms with Gasteiger partial charge in [0.2, 0.25) is 0 Å². The standard InChI is InChI=1S/C16H27N3O2/c1-4-11-19(5-2)12-10-18-15-13(16(20)21-6-3)8-7-9-14(15)17/h7-9,18H,4-6,10-12,17H2,1-3H3. The number of nitrogens with two attached hydrogens (primary N) is 1. The topological polar surface area (TPSA) is 67.6 Å². The third-order valence-corrected chi connectivity index (χ3v) is 3.31. The van der Waals surface area contributed by atoms with Crippen LogP contribution in [0, 0.1) is 0 Å². The fraction of sp³-hybridized carbons (Fsp3) is 0.562. The molecule has 5 nitrogen and oxygen atoms in total. The Balaban J connectivity index is 2.71. The third kappa shape index (κ3) is 5.27. The number of carbonyl (C=O) groups excluding carboxylic acids is 1. The molecule has 0 aliphatic carbocycles. The number of esters is 1. The molecule has 0 fully saturated rings. The van der Waals surface area contributed by atoms with Crippen molar-refractivity contribution >= 4 is 17.3 Å². The van der Waals surface area contributed by atoms with Crippen molar-refractivity contribution in [1.82, 2.24) is 4.90 Å². The van der Waals surface area contributed by atoms with E-state index >= 15 is 0 Å². The third-order valence-electron chi connectivity index (χ3n) is 3.31. The summed E-state index contributed by atoms with van der Waals surface area (Å²) in [6.45, 7) is 10.2. The number of carbonyl (C=O) groups is 1. The second-order valence-electron chi connectivity index (χ2n) is 4.85. The second kappa shape index (κ2) is 9.23. The molecule has 118 valence electrons. The summed E-state index contributed by atoms with van der Waals surface area (Å²) in [5, 5.41) is 3.28. The molecule has 0 saturated carbocycles. The highest BCUT2D eigenvalue weighted by Gasteiger charge is 2.14. The highest BCUT2D eigenvalue weighted by Crippen LogP contribution is 2.24. The Morgan fingerprint density at radius 1 is 1.29 bits per heavy atom. The molecule has 0 radical (unpaired) electrons. The molecule has 0 unspecified atom stereocenters. The van der Waals surface area contributed by atoms with Gasteiger partial charge < -0.3 is 20.7 Å². The summed E-state index contributed by atoms with van der Waals surface area (Å²) in [5.74, 6) is -0.340. The Morgan fingerprint density at radius 2 is 2.05 bits per heavy atom. The summed E-state index contributed by atoms with van der Waals surface area (Å²) in [6.07, 6.45) is 1.13. The number of nitrogens with one attached hydrogen (secondary N) is 1. The van der Waals surface area contributed by atoms with E-state index < -0.39 is 0 Å². The van der Waals surface area contributed by atoms with Gasteiger partial charge in [0.25, 0.3) is 0 Å². The van der Waals surface area contributed by atoms with Crippen molar-refractivity contribution in [1.29, 1.82) is 0 Å². The van der Waals surface area contributed by atoms with Crippen molar-refractivity contribution in [2.24, 2.45) is 0 Å². The molecular weight excluding hydrogens is 266 g/mol. The summed E-state index contributed by atoms with van der Waals surface area (Å²) >= 11 is 0. The van der Waals surface area contributed by atoms with Crippen LogP contribution in [0.4, 0.5) is 11.4 Å². The van der Waals surface area contributed by atoms with E-state index in [0.717, 1.165) is 32.6 Å². The maximum atomic E-state index is 11.9. The molecule has 0 bridgehead atoms. The van der Waals surface area contributed by atoms with Crippen LogP contribution in [0.1, 0.15) is 37.6 Å². The number of ether oxygens (including phenoxy) is 1. The van der Waals surface area contributed by atoms with Crippen LogP contribution in [0.25, 0.3) is 0 Å². The minimum atomic E-state index is -0.340. The number of benzene rings is 1. The van der Waals surface area contributed by atoms with Crippen molar-refractivity contribution in [2.45, 2.75) is 27.2 Å². The first-order valence-corrected chi connectivity index (χ1v) is 7.65. The Morgan fingerprint density at radius 3 is 2.67 bits per heavy atom. The van der Waals surface area contributed by atoms with Crippen molar-refractivity contribution < 1.29 is 9.53 Å². The number of para-hydroxylation sites is 1. The largest absolute Gasteiger partial charge is 0.462 e. The lowest BCUT2D eigenvalue weighted by Gasteiger charge is -2.21. The van der Waals surface area contributed by atoms with Crippen molar-refractivity contribution in [3.63, 3.8) is 0 Å². The molecular formula is C16H27N3O2. The first kappa shape index (κ1) is 17.3. The van der Waals surface area contributed by atoms with Gasteiger partial charge in [-0.15, -0.1) is 0 Å². The smallest absolute Gasteiger partial charge is 0.340 e. The molecule has 3 N–H and O–H groups in total. The highest BCUT2D eigenvalue weighted by molar-refractivity contribution is 5.98. The van der Waals surface area contributed by atoms with E-state index in [1.165, 1.54) is 0 Å². The normalized spacial score (nSPS) is 10.7. The SMILES string of the molecule is CCCN(CC)CCNc1c(N)cccc1C(=O)OCC. The van der Waals surface area contributed by atoms with Gasteiger partial charge in [0.15, 0.2) is 0 Å². The lowest BCUT2D eigenvalue weighted by atomic mass is 10.1. The molecule has 0 aromatic heterocycles. The van der Waals surface area contributed by atoms with Gasteiger partial charge in [0.05, 0.1) is 23.5 Å². The Labute approximate surface area is 127 Å². The van der Waals surface area contributed by atoms with E-state index in [1.807, 2.05) is 0 Å². The Kier molecular flexibility index (Phi) is 7.61. The van der Waals surface area contributed by atoms with Gasteiger partial charge in [-0.2, -0.15) is 0 Å². The van der Waals surface area contributed by atoms with Crippen LogP contribution in [-0.2, 0) is 4.74 Å². The van der Waals surface area contributed by atoms with Gasteiger partial charge in [0.1, 0.15) is 0 Å². The maximum Gasteiger partial charge on any atom is 0.340 e. The van der Waals surface area contributed by atoms with Gasteiger partial charge in [-0.25, -0.2) is 4.79 Å². The van der Waals surface area contributed by atoms with E-state index in [1.54, 1.807) is 25.1 Å². The molecule has 1 aromatic carbocycles. The summed E-state index contributed by atoms with van der Waals surface area (Å²) in [4.78, 5) is 14.3. The summed E-state index contributed by atoms with van der Waals surface area (Å²) in [6, 6.07) is 5.29. The fourth-order valence-corrected chi connectivity index (χ4v) is 2.23. The molecule has 0 aliphatic heterocycles. The average molecular weight is 293 g/mol. The minimum absolute atomic E-state index is 0.340. The lowest BCUT2D eigenvalue weighted by Crippen LogP contribution is -2.30. The highest BCUT2D eigenvalue weighted by atomic mass is 16.5. The lowest BCUT2D eigenvalue weighted by molar-refractivity contribution is 0.0527. The molecule has 0 heterocycles. The number of nitrogen functional groups attached to an aromatic ring is 1. The maximum absolute atomic E-state index is 11.9. The van der Waals surface area contributed by atoms with E-state index in [2.05, 4.69) is 24.1 Å². The van der Waals surface area contributed by atoms with Crippen LogP contribution in [0.5, 0.6) is 0 Å². The zero-order chi connectivity index (χ0) is 15.7. The van der Waals surface area contributed by atoms with Gasteiger partial charge in [0, 0.05) is 13.1 Å². The quantitative estimate of drug-likeness (QED) is 0.541. The summed E-state index contributed by atoms with van der Waals surface area (Å²) in [5.41, 5.74) is 7.71. The van der Waals surface area contributed by atoms with Crippen LogP contribution in [0.2, 0.25) is 0 Å². The minimum Gasteiger partial charge on any atom is -0.462 e. The number of hydrogen-bond donors (Lipinski definition) is 2. The van der Waals surface area contributed by atoms with E-state index in [4.69, 9.17) is 10.5 Å². The van der Waals surface area contributed by atoms with Crippen LogP contribution >= 0.6 is 0 Å². The van der Waals surface area contributed by atoms with E-state index in [-0.39, 0.29) is 5.97 Å². The van der Waals surface area contributed by atoms with Crippen molar-refractivity contribution in [3.8, 4) is 0 Å². The number of likely N-dealkylation sites (N-methyl/N-ethyl adjacent to an activating group) is 1. The van der Waals surface area contributed by atoms with Gasteiger partial charge >= 0.3 is 5.97 Å². The van der Waals surface area contributed by atoms with Gasteiger partial charge in [-0.1, -0.05) is 19.9 Å². The zero-order valence-electron chi connectivity index (χ0n) is 13.3. The predicted octanol–water partition coefficient (Wildman–Crippen LogP) is 2.59. The van der Waals surface area contributed by atoms with E-state index in [9.17, 15) is 4.79 Å². The Bertz CT molecular complexity index is 449. The summed E-state index contributed by atoms with van der Waals surface area (Å²) in [7, 11) is 0. The number of anilines is 2. The van der Waals surface area contributed by atoms with Gasteiger partial charge in [-0.3, -0.25) is 0 Å². The average Bonchev–Trinajstić information content (AvgIpc) is 2.48. The van der Waals surface area contributed by atoms with Crippen molar-refractivity contribution in [3.05, 3.63) is 23.8 Å². The number of rotatable bonds is 9. The van der Waals surface area contributed by atoms with Crippen molar-refractivity contribution in [2.75, 3.05) is 43.8 Å². The van der Waals surface area contributed by atoms with Gasteiger partial charge in [-0.05, 0) is 38.6 Å². The van der Waals surface area contributed by atoms with E-state index in [0.29, 0.717) is 23.5 Å². The molecule has 0 spiro atoms. The molecule has 0 amide bonds. The molecule has 21 heavy (non-hydrogen) atoms. The van der Waals surface area contributed by atoms with Crippen LogP contribution in [0.15, 0.2) is 18.2 Å². The molecule has 0 saturated heterocycles. The van der Waals surface area contributed by atoms with Crippen LogP contribution in [-0.4, -0.2) is 43.7 Å². The van der Waals surface area contributed by atoms with Crippen LogP contribution in [0.3, 0.4) is 0 Å². The monoisotopic (exact) mass is 293 g/mol. The summed E-state index contributed by atoms with van der Waals surface area (Å²) < 4.78 is 5.07. The Hall–Kier alpha value is -1.75. The fourth-order valence-electron chi connectivity index (χ4n) is 2.23. The first-order chi connectivity index (χ1) is 10.1. The van der Waals surface area contributed by atoms with Crippen LogP contribution < -0.4 is 11.1 Å². The second-order valence-corrected chi connectivity index (χ2v) is 4.85. The molecule has 1 rings (SSSR count).